The molecule has 1 saturated heterocycles. The maximum atomic E-state index is 12.9. The third kappa shape index (κ3) is 3.98. The molecule has 0 saturated carbocycles. The van der Waals surface area contributed by atoms with Gasteiger partial charge in [0.05, 0.1) is 16.5 Å². The molecule has 1 atom stereocenters. The fraction of sp³-hybridized carbons (Fsp3) is 0.250. The van der Waals surface area contributed by atoms with Crippen molar-refractivity contribution in [3.8, 4) is 0 Å². The lowest BCUT2D eigenvalue weighted by atomic mass is 10.3. The predicted octanol–water partition coefficient (Wildman–Crippen LogP) is 1.81. The van der Waals surface area contributed by atoms with Crippen molar-refractivity contribution in [3.05, 3.63) is 76.3 Å². The van der Waals surface area contributed by atoms with Gasteiger partial charge in [0.25, 0.3) is 5.56 Å². The number of hydrogen-bond donors (Lipinski definition) is 0. The Morgan fingerprint density at radius 1 is 1.23 bits per heavy atom. The molecule has 0 unspecified atom stereocenters. The van der Waals surface area contributed by atoms with E-state index >= 15 is 0 Å². The van der Waals surface area contributed by atoms with Crippen molar-refractivity contribution in [2.75, 3.05) is 11.6 Å². The van der Waals surface area contributed by atoms with Gasteiger partial charge >= 0.3 is 5.97 Å². The Bertz CT molecular complexity index is 1260. The molecule has 8 nitrogen and oxygen atoms in total. The summed E-state index contributed by atoms with van der Waals surface area (Å²) in [5, 5.41) is 0. The van der Waals surface area contributed by atoms with Gasteiger partial charge < -0.3 is 4.74 Å². The van der Waals surface area contributed by atoms with Gasteiger partial charge in [-0.2, -0.15) is 4.31 Å². The van der Waals surface area contributed by atoms with E-state index in [9.17, 15) is 18.0 Å². The average Bonchev–Trinajstić information content (AvgIpc) is 3.24. The van der Waals surface area contributed by atoms with Gasteiger partial charge in [0.15, 0.2) is 0 Å². The third-order valence-corrected chi connectivity index (χ3v) is 7.73. The van der Waals surface area contributed by atoms with Gasteiger partial charge in [-0.15, -0.1) is 11.8 Å². The zero-order valence-electron chi connectivity index (χ0n) is 16.1. The number of carbonyl (C=O) groups is 1. The molecule has 4 rings (SSSR count). The van der Waals surface area contributed by atoms with Gasteiger partial charge in [-0.3, -0.25) is 14.0 Å². The molecule has 30 heavy (non-hydrogen) atoms. The Labute approximate surface area is 177 Å². The molecular weight excluding hydrogens is 426 g/mol. The molecule has 0 radical (unpaired) electrons. The number of aryl methyl sites for hydroxylation is 1. The van der Waals surface area contributed by atoms with Crippen LogP contribution in [0.5, 0.6) is 0 Å². The van der Waals surface area contributed by atoms with E-state index < -0.39 is 22.0 Å². The van der Waals surface area contributed by atoms with Crippen LogP contribution in [0.1, 0.15) is 11.3 Å². The smallest absolute Gasteiger partial charge is 0.325 e. The van der Waals surface area contributed by atoms with Gasteiger partial charge in [0.1, 0.15) is 18.3 Å². The first kappa shape index (κ1) is 20.6. The standard InChI is InChI=1S/C20H19N3O5S2/c1-14-7-8-18-21-15(9-19(24)22(18)10-14)11-28-20(25)17-12-29-13-23(17)30(26,27)16-5-3-2-4-6-16/h2-10,17H,11-13H2,1H3/t17-/m1/s1. The van der Waals surface area contributed by atoms with E-state index in [0.717, 1.165) is 9.87 Å². The number of rotatable bonds is 5. The highest BCUT2D eigenvalue weighted by molar-refractivity contribution is 8.00. The second-order valence-electron chi connectivity index (χ2n) is 6.85. The van der Waals surface area contributed by atoms with Crippen LogP contribution in [-0.4, -0.2) is 45.7 Å². The van der Waals surface area contributed by atoms with Gasteiger partial charge in [-0.1, -0.05) is 24.3 Å². The third-order valence-electron chi connectivity index (χ3n) is 4.69. The number of aromatic nitrogens is 2. The lowest BCUT2D eigenvalue weighted by Crippen LogP contribution is -2.42. The van der Waals surface area contributed by atoms with E-state index in [1.165, 1.54) is 34.4 Å². The lowest BCUT2D eigenvalue weighted by molar-refractivity contribution is -0.148. The topological polar surface area (TPSA) is 98.0 Å². The molecule has 1 aromatic carbocycles. The first-order chi connectivity index (χ1) is 14.4. The number of thioether (sulfide) groups is 1. The number of hydrogen-bond acceptors (Lipinski definition) is 7. The van der Waals surface area contributed by atoms with Crippen molar-refractivity contribution in [1.82, 2.24) is 13.7 Å². The first-order valence-electron chi connectivity index (χ1n) is 9.16. The van der Waals surface area contributed by atoms with Crippen LogP contribution in [0, 0.1) is 6.92 Å². The molecule has 0 spiro atoms. The summed E-state index contributed by atoms with van der Waals surface area (Å²) >= 11 is 1.34. The highest BCUT2D eigenvalue weighted by atomic mass is 32.2. The highest BCUT2D eigenvalue weighted by Crippen LogP contribution is 2.29. The molecular formula is C20H19N3O5S2. The van der Waals surface area contributed by atoms with Crippen molar-refractivity contribution < 1.29 is 17.9 Å². The van der Waals surface area contributed by atoms with Crippen LogP contribution in [0.2, 0.25) is 0 Å². The molecule has 3 heterocycles. The van der Waals surface area contributed by atoms with E-state index in [2.05, 4.69) is 4.98 Å². The SMILES string of the molecule is Cc1ccc2nc(COC(=O)[C@H]3CSCN3S(=O)(=O)c3ccccc3)cc(=O)n2c1. The molecule has 156 valence electrons. The van der Waals surface area contributed by atoms with E-state index in [1.807, 2.05) is 13.0 Å². The summed E-state index contributed by atoms with van der Waals surface area (Å²) in [4.78, 5) is 29.4. The van der Waals surface area contributed by atoms with Crippen molar-refractivity contribution >= 4 is 33.4 Å². The molecule has 1 aliphatic rings. The van der Waals surface area contributed by atoms with Gasteiger partial charge in [-0.25, -0.2) is 13.4 Å². The van der Waals surface area contributed by atoms with E-state index in [0.29, 0.717) is 17.1 Å². The largest absolute Gasteiger partial charge is 0.458 e. The number of ether oxygens (including phenoxy) is 1. The van der Waals surface area contributed by atoms with Crippen molar-refractivity contribution in [2.45, 2.75) is 24.5 Å². The molecule has 10 heteroatoms. The summed E-state index contributed by atoms with van der Waals surface area (Å²) in [5.41, 5.74) is 1.40. The van der Waals surface area contributed by atoms with Crippen molar-refractivity contribution in [3.63, 3.8) is 0 Å². The second kappa shape index (κ2) is 8.21. The zero-order valence-corrected chi connectivity index (χ0v) is 17.7. The van der Waals surface area contributed by atoms with Crippen LogP contribution in [0.15, 0.2) is 64.4 Å². The van der Waals surface area contributed by atoms with Crippen LogP contribution in [-0.2, 0) is 26.2 Å². The minimum absolute atomic E-state index is 0.129. The Balaban J connectivity index is 1.51. The molecule has 0 amide bonds. The molecule has 0 aliphatic carbocycles. The van der Waals surface area contributed by atoms with Crippen molar-refractivity contribution in [2.24, 2.45) is 0 Å². The number of benzene rings is 1. The summed E-state index contributed by atoms with van der Waals surface area (Å²) in [7, 11) is -3.81. The fourth-order valence-electron chi connectivity index (χ4n) is 3.15. The van der Waals surface area contributed by atoms with Gasteiger partial charge in [-0.05, 0) is 30.7 Å². The van der Waals surface area contributed by atoms with E-state index in [4.69, 9.17) is 4.74 Å². The monoisotopic (exact) mass is 445 g/mol. The molecule has 0 N–H and O–H groups in total. The maximum absolute atomic E-state index is 12.9. The zero-order chi connectivity index (χ0) is 21.3. The van der Waals surface area contributed by atoms with Crippen LogP contribution in [0.3, 0.4) is 0 Å². The summed E-state index contributed by atoms with van der Waals surface area (Å²) in [6.07, 6.45) is 1.68. The summed E-state index contributed by atoms with van der Waals surface area (Å²) < 4.78 is 33.7. The molecule has 3 aromatic rings. The fourth-order valence-corrected chi connectivity index (χ4v) is 6.30. The normalized spacial score (nSPS) is 17.3. The predicted molar refractivity (Wildman–Crippen MR) is 113 cm³/mol. The molecule has 1 aliphatic heterocycles. The summed E-state index contributed by atoms with van der Waals surface area (Å²) in [5.74, 6) is -0.186. The quantitative estimate of drug-likeness (QED) is 0.553. The van der Waals surface area contributed by atoms with Crippen LogP contribution in [0.25, 0.3) is 5.65 Å². The first-order valence-corrected chi connectivity index (χ1v) is 11.8. The maximum Gasteiger partial charge on any atom is 0.325 e. The van der Waals surface area contributed by atoms with Crippen LogP contribution >= 0.6 is 11.8 Å². The molecule has 0 bridgehead atoms. The number of nitrogens with zero attached hydrogens (tertiary/aromatic N) is 3. The Morgan fingerprint density at radius 2 is 2.00 bits per heavy atom. The molecule has 2 aromatic heterocycles. The van der Waals surface area contributed by atoms with Crippen molar-refractivity contribution in [1.29, 1.82) is 0 Å². The number of carbonyl (C=O) groups excluding carboxylic acids is 1. The second-order valence-corrected chi connectivity index (χ2v) is 9.74. The Hall–Kier alpha value is -2.69. The number of esters is 1. The highest BCUT2D eigenvalue weighted by Gasteiger charge is 2.41. The lowest BCUT2D eigenvalue weighted by Gasteiger charge is -2.21. The van der Waals surface area contributed by atoms with Gasteiger partial charge in [0, 0.05) is 18.0 Å². The summed E-state index contributed by atoms with van der Waals surface area (Å²) in [6.45, 7) is 1.66. The Morgan fingerprint density at radius 3 is 2.77 bits per heavy atom. The number of fused-ring (bicyclic) bond motifs is 1. The number of sulfonamides is 1. The van der Waals surface area contributed by atoms with E-state index in [1.54, 1.807) is 30.5 Å². The minimum atomic E-state index is -3.81. The average molecular weight is 446 g/mol. The van der Waals surface area contributed by atoms with Crippen LogP contribution in [0.4, 0.5) is 0 Å². The Kier molecular flexibility index (Phi) is 5.63. The van der Waals surface area contributed by atoms with E-state index in [-0.39, 0.29) is 22.9 Å². The molecule has 1 fully saturated rings. The minimum Gasteiger partial charge on any atom is -0.458 e. The summed E-state index contributed by atoms with van der Waals surface area (Å²) in [6, 6.07) is 11.9. The number of pyridine rings is 1. The van der Waals surface area contributed by atoms with Crippen LogP contribution < -0.4 is 5.56 Å². The van der Waals surface area contributed by atoms with Gasteiger partial charge in [0.2, 0.25) is 10.0 Å².